The van der Waals surface area contributed by atoms with E-state index in [1.54, 1.807) is 12.1 Å². The summed E-state index contributed by atoms with van der Waals surface area (Å²) in [5.74, 6) is -0.146. The molecule has 1 aliphatic heterocycles. The molecule has 3 rings (SSSR count). The monoisotopic (exact) mass is 191 g/mol. The number of hydrogen-bond acceptors (Lipinski definition) is 1. The predicted molar refractivity (Wildman–Crippen MR) is 54.9 cm³/mol. The first kappa shape index (κ1) is 8.27. The first-order valence-electron chi connectivity index (χ1n) is 5.28. The lowest BCUT2D eigenvalue weighted by Gasteiger charge is -2.57. The van der Waals surface area contributed by atoms with E-state index in [1.807, 2.05) is 12.1 Å². The van der Waals surface area contributed by atoms with Gasteiger partial charge in [0.25, 0.3) is 0 Å². The van der Waals surface area contributed by atoms with Gasteiger partial charge in [0.15, 0.2) is 0 Å². The van der Waals surface area contributed by atoms with E-state index >= 15 is 0 Å². The molecule has 0 amide bonds. The summed E-state index contributed by atoms with van der Waals surface area (Å²) in [7, 11) is 0. The molecule has 0 N–H and O–H groups in total. The van der Waals surface area contributed by atoms with E-state index in [-0.39, 0.29) is 5.82 Å². The summed E-state index contributed by atoms with van der Waals surface area (Å²) >= 11 is 0. The van der Waals surface area contributed by atoms with E-state index in [2.05, 4.69) is 4.90 Å². The van der Waals surface area contributed by atoms with Gasteiger partial charge in [0.05, 0.1) is 0 Å². The van der Waals surface area contributed by atoms with E-state index in [4.69, 9.17) is 0 Å². The Bertz CT molecular complexity index is 332. The summed E-state index contributed by atoms with van der Waals surface area (Å²) < 4.78 is 12.7. The summed E-state index contributed by atoms with van der Waals surface area (Å²) in [4.78, 5) is 2.35. The number of anilines is 1. The van der Waals surface area contributed by atoms with Crippen LogP contribution in [0, 0.1) is 11.2 Å². The van der Waals surface area contributed by atoms with Crippen molar-refractivity contribution in [2.24, 2.45) is 5.41 Å². The van der Waals surface area contributed by atoms with Crippen LogP contribution in [0.15, 0.2) is 24.3 Å². The second kappa shape index (κ2) is 2.72. The highest BCUT2D eigenvalue weighted by atomic mass is 19.1. The highest BCUT2D eigenvalue weighted by Crippen LogP contribution is 2.49. The number of nitrogens with zero attached hydrogens (tertiary/aromatic N) is 1. The molecule has 2 fully saturated rings. The van der Waals surface area contributed by atoms with Gasteiger partial charge in [-0.15, -0.1) is 0 Å². The molecule has 1 aromatic rings. The van der Waals surface area contributed by atoms with Gasteiger partial charge in [-0.1, -0.05) is 6.42 Å². The number of rotatable bonds is 1. The molecule has 0 unspecified atom stereocenters. The van der Waals surface area contributed by atoms with Gasteiger partial charge < -0.3 is 4.90 Å². The maximum atomic E-state index is 12.7. The zero-order valence-corrected chi connectivity index (χ0v) is 8.17. The van der Waals surface area contributed by atoms with Crippen molar-refractivity contribution in [3.63, 3.8) is 0 Å². The SMILES string of the molecule is Fc1ccc(N2CC3(CCC3)C2)cc1. The molecular formula is C12H14FN. The summed E-state index contributed by atoms with van der Waals surface area (Å²) in [6.45, 7) is 2.36. The fourth-order valence-electron chi connectivity index (χ4n) is 2.59. The van der Waals surface area contributed by atoms with Crippen molar-refractivity contribution in [3.05, 3.63) is 30.1 Å². The highest BCUT2D eigenvalue weighted by Gasteiger charge is 2.47. The summed E-state index contributed by atoms with van der Waals surface area (Å²) in [6.07, 6.45) is 4.19. The summed E-state index contributed by atoms with van der Waals surface area (Å²) in [6, 6.07) is 6.84. The maximum Gasteiger partial charge on any atom is 0.123 e. The molecule has 1 saturated heterocycles. The minimum Gasteiger partial charge on any atom is -0.370 e. The van der Waals surface area contributed by atoms with E-state index in [9.17, 15) is 4.39 Å². The molecule has 0 aromatic heterocycles. The van der Waals surface area contributed by atoms with Crippen molar-refractivity contribution < 1.29 is 4.39 Å². The topological polar surface area (TPSA) is 3.24 Å². The van der Waals surface area contributed by atoms with Gasteiger partial charge in [-0.2, -0.15) is 0 Å². The Labute approximate surface area is 83.5 Å². The normalized spacial score (nSPS) is 23.1. The van der Waals surface area contributed by atoms with Crippen LogP contribution in [0.4, 0.5) is 10.1 Å². The minimum atomic E-state index is -0.146. The molecule has 2 heteroatoms. The Hall–Kier alpha value is -1.05. The predicted octanol–water partition coefficient (Wildman–Crippen LogP) is 2.82. The first-order chi connectivity index (χ1) is 6.77. The summed E-state index contributed by atoms with van der Waals surface area (Å²) in [5, 5.41) is 0. The Morgan fingerprint density at radius 2 is 1.71 bits per heavy atom. The molecule has 2 aliphatic rings. The average molecular weight is 191 g/mol. The van der Waals surface area contributed by atoms with Crippen LogP contribution in [-0.4, -0.2) is 13.1 Å². The molecule has 0 radical (unpaired) electrons. The lowest BCUT2D eigenvalue weighted by Crippen LogP contribution is -2.59. The van der Waals surface area contributed by atoms with Crippen molar-refractivity contribution in [1.29, 1.82) is 0 Å². The van der Waals surface area contributed by atoms with Crippen molar-refractivity contribution in [3.8, 4) is 0 Å². The zero-order valence-electron chi connectivity index (χ0n) is 8.17. The minimum absolute atomic E-state index is 0.146. The molecule has 1 aliphatic carbocycles. The molecule has 1 aromatic carbocycles. The quantitative estimate of drug-likeness (QED) is 0.659. The molecule has 1 heterocycles. The van der Waals surface area contributed by atoms with Crippen LogP contribution in [0.1, 0.15) is 19.3 Å². The van der Waals surface area contributed by atoms with Crippen LogP contribution >= 0.6 is 0 Å². The molecule has 1 spiro atoms. The second-order valence-electron chi connectivity index (χ2n) is 4.69. The molecule has 0 bridgehead atoms. The van der Waals surface area contributed by atoms with Crippen molar-refractivity contribution in [2.45, 2.75) is 19.3 Å². The molecule has 1 saturated carbocycles. The van der Waals surface area contributed by atoms with Gasteiger partial charge in [0.1, 0.15) is 5.82 Å². The molecule has 1 nitrogen and oxygen atoms in total. The van der Waals surface area contributed by atoms with E-state index in [0.717, 1.165) is 0 Å². The fourth-order valence-corrected chi connectivity index (χ4v) is 2.59. The molecular weight excluding hydrogens is 177 g/mol. The van der Waals surface area contributed by atoms with Crippen LogP contribution < -0.4 is 4.90 Å². The second-order valence-corrected chi connectivity index (χ2v) is 4.69. The molecule has 0 atom stereocenters. The molecule has 74 valence electrons. The van der Waals surface area contributed by atoms with E-state index in [1.165, 1.54) is 38.0 Å². The van der Waals surface area contributed by atoms with E-state index < -0.39 is 0 Å². The average Bonchev–Trinajstić information content (AvgIpc) is 2.03. The highest BCUT2D eigenvalue weighted by molar-refractivity contribution is 5.50. The van der Waals surface area contributed by atoms with Crippen LogP contribution in [0.25, 0.3) is 0 Å². The molecule has 14 heavy (non-hydrogen) atoms. The van der Waals surface area contributed by atoms with Gasteiger partial charge in [0, 0.05) is 24.2 Å². The lowest BCUT2D eigenvalue weighted by molar-refractivity contribution is 0.0904. The Morgan fingerprint density at radius 3 is 2.21 bits per heavy atom. The Kier molecular flexibility index (Phi) is 1.61. The third-order valence-corrected chi connectivity index (χ3v) is 3.66. The van der Waals surface area contributed by atoms with Crippen LogP contribution in [-0.2, 0) is 0 Å². The smallest absolute Gasteiger partial charge is 0.123 e. The van der Waals surface area contributed by atoms with Gasteiger partial charge in [-0.05, 0) is 37.1 Å². The summed E-state index contributed by atoms with van der Waals surface area (Å²) in [5.41, 5.74) is 1.82. The van der Waals surface area contributed by atoms with Gasteiger partial charge in [-0.3, -0.25) is 0 Å². The third kappa shape index (κ3) is 1.13. The van der Waals surface area contributed by atoms with Gasteiger partial charge >= 0.3 is 0 Å². The van der Waals surface area contributed by atoms with Crippen LogP contribution in [0.2, 0.25) is 0 Å². The third-order valence-electron chi connectivity index (χ3n) is 3.66. The fraction of sp³-hybridized carbons (Fsp3) is 0.500. The Balaban J connectivity index is 1.70. The van der Waals surface area contributed by atoms with Crippen molar-refractivity contribution in [2.75, 3.05) is 18.0 Å². The van der Waals surface area contributed by atoms with E-state index in [0.29, 0.717) is 5.41 Å². The van der Waals surface area contributed by atoms with Crippen molar-refractivity contribution >= 4 is 5.69 Å². The number of hydrogen-bond donors (Lipinski definition) is 0. The van der Waals surface area contributed by atoms with Gasteiger partial charge in [0.2, 0.25) is 0 Å². The van der Waals surface area contributed by atoms with Crippen molar-refractivity contribution in [1.82, 2.24) is 0 Å². The van der Waals surface area contributed by atoms with Crippen LogP contribution in [0.3, 0.4) is 0 Å². The van der Waals surface area contributed by atoms with Crippen LogP contribution in [0.5, 0.6) is 0 Å². The Morgan fingerprint density at radius 1 is 1.07 bits per heavy atom. The largest absolute Gasteiger partial charge is 0.370 e. The number of benzene rings is 1. The number of halogens is 1. The maximum absolute atomic E-state index is 12.7. The first-order valence-corrected chi connectivity index (χ1v) is 5.28. The standard InChI is InChI=1S/C12H14FN/c13-10-2-4-11(5-3-10)14-8-12(9-14)6-1-7-12/h2-5H,1,6-9H2. The lowest BCUT2D eigenvalue weighted by atomic mass is 9.63. The zero-order chi connectivity index (χ0) is 9.60. The van der Waals surface area contributed by atoms with Gasteiger partial charge in [-0.25, -0.2) is 4.39 Å².